The van der Waals surface area contributed by atoms with Gasteiger partial charge in [0.25, 0.3) is 0 Å². The number of benzene rings is 1. The minimum absolute atomic E-state index is 0.102. The standard InChI is InChI=1S/C11H11F3N2O/c12-11(13,14)10(17)16-6-8(15)5-7-3-1-2-4-9(7)16/h1-4,8H,5-6,15H2/t8-/m0/s1. The third kappa shape index (κ3) is 2.26. The van der Waals surface area contributed by atoms with Crippen LogP contribution in [-0.2, 0) is 11.2 Å². The maximum atomic E-state index is 12.4. The van der Waals surface area contributed by atoms with E-state index in [-0.39, 0.29) is 6.54 Å². The number of rotatable bonds is 0. The minimum Gasteiger partial charge on any atom is -0.326 e. The smallest absolute Gasteiger partial charge is 0.326 e. The van der Waals surface area contributed by atoms with Gasteiger partial charge in [-0.25, -0.2) is 0 Å². The zero-order valence-corrected chi connectivity index (χ0v) is 8.87. The summed E-state index contributed by atoms with van der Waals surface area (Å²) in [5.41, 5.74) is 6.63. The number of amides is 1. The van der Waals surface area contributed by atoms with Crippen LogP contribution >= 0.6 is 0 Å². The molecule has 1 heterocycles. The number of alkyl halides is 3. The van der Waals surface area contributed by atoms with Crippen LogP contribution < -0.4 is 10.6 Å². The van der Waals surface area contributed by atoms with Crippen molar-refractivity contribution in [2.24, 2.45) is 5.73 Å². The molecule has 0 saturated heterocycles. The number of fused-ring (bicyclic) bond motifs is 1. The van der Waals surface area contributed by atoms with E-state index in [0.29, 0.717) is 22.6 Å². The molecule has 0 saturated carbocycles. The summed E-state index contributed by atoms with van der Waals surface area (Å²) >= 11 is 0. The number of carbonyl (C=O) groups is 1. The topological polar surface area (TPSA) is 46.3 Å². The highest BCUT2D eigenvalue weighted by Crippen LogP contribution is 2.30. The second-order valence-electron chi connectivity index (χ2n) is 4.01. The Bertz CT molecular complexity index is 445. The molecule has 0 aromatic heterocycles. The van der Waals surface area contributed by atoms with Gasteiger partial charge in [-0.1, -0.05) is 18.2 Å². The van der Waals surface area contributed by atoms with Crippen molar-refractivity contribution in [2.75, 3.05) is 11.4 Å². The van der Waals surface area contributed by atoms with Crippen molar-refractivity contribution in [1.29, 1.82) is 0 Å². The van der Waals surface area contributed by atoms with E-state index in [1.165, 1.54) is 6.07 Å². The summed E-state index contributed by atoms with van der Waals surface area (Å²) in [6, 6.07) is 6.05. The molecule has 0 bridgehead atoms. The molecular formula is C11H11F3N2O. The molecule has 1 atom stereocenters. The molecular weight excluding hydrogens is 233 g/mol. The van der Waals surface area contributed by atoms with Gasteiger partial charge >= 0.3 is 12.1 Å². The maximum Gasteiger partial charge on any atom is 0.471 e. The van der Waals surface area contributed by atoms with E-state index >= 15 is 0 Å². The Kier molecular flexibility index (Phi) is 2.82. The number of carbonyl (C=O) groups excluding carboxylic acids is 1. The number of hydrogen-bond donors (Lipinski definition) is 1. The second kappa shape index (κ2) is 4.03. The van der Waals surface area contributed by atoms with Crippen molar-refractivity contribution in [3.63, 3.8) is 0 Å². The van der Waals surface area contributed by atoms with E-state index in [1.807, 2.05) is 0 Å². The summed E-state index contributed by atoms with van der Waals surface area (Å²) in [4.78, 5) is 12.0. The third-order valence-electron chi connectivity index (χ3n) is 2.67. The largest absolute Gasteiger partial charge is 0.471 e. The monoisotopic (exact) mass is 244 g/mol. The van der Waals surface area contributed by atoms with E-state index in [9.17, 15) is 18.0 Å². The van der Waals surface area contributed by atoms with Crippen LogP contribution in [0.2, 0.25) is 0 Å². The molecule has 2 rings (SSSR count). The molecule has 1 aromatic carbocycles. The lowest BCUT2D eigenvalue weighted by Crippen LogP contribution is -2.50. The average Bonchev–Trinajstić information content (AvgIpc) is 2.25. The van der Waals surface area contributed by atoms with E-state index < -0.39 is 18.1 Å². The molecule has 3 nitrogen and oxygen atoms in total. The van der Waals surface area contributed by atoms with Gasteiger partial charge < -0.3 is 10.6 Å². The fourth-order valence-electron chi connectivity index (χ4n) is 1.97. The number of anilines is 1. The van der Waals surface area contributed by atoms with Gasteiger partial charge in [-0.15, -0.1) is 0 Å². The molecule has 1 aliphatic heterocycles. The van der Waals surface area contributed by atoms with Gasteiger partial charge in [-0.05, 0) is 18.1 Å². The first-order valence-corrected chi connectivity index (χ1v) is 5.12. The summed E-state index contributed by atoms with van der Waals surface area (Å²) < 4.78 is 37.3. The zero-order chi connectivity index (χ0) is 12.6. The lowest BCUT2D eigenvalue weighted by molar-refractivity contribution is -0.170. The van der Waals surface area contributed by atoms with Crippen LogP contribution in [-0.4, -0.2) is 24.7 Å². The van der Waals surface area contributed by atoms with Crippen LogP contribution in [0.15, 0.2) is 24.3 Å². The van der Waals surface area contributed by atoms with E-state index in [2.05, 4.69) is 0 Å². The lowest BCUT2D eigenvalue weighted by atomic mass is 9.98. The number of para-hydroxylation sites is 1. The zero-order valence-electron chi connectivity index (χ0n) is 8.87. The number of hydrogen-bond acceptors (Lipinski definition) is 2. The molecule has 17 heavy (non-hydrogen) atoms. The van der Waals surface area contributed by atoms with Crippen molar-refractivity contribution in [2.45, 2.75) is 18.6 Å². The van der Waals surface area contributed by atoms with E-state index in [4.69, 9.17) is 5.73 Å². The summed E-state index contributed by atoms with van der Waals surface area (Å²) in [6.07, 6.45) is -4.39. The molecule has 92 valence electrons. The molecule has 0 radical (unpaired) electrons. The predicted octanol–water partition coefficient (Wildman–Crippen LogP) is 1.47. The van der Waals surface area contributed by atoms with Crippen molar-refractivity contribution in [3.8, 4) is 0 Å². The Morgan fingerprint density at radius 3 is 2.65 bits per heavy atom. The fourth-order valence-corrected chi connectivity index (χ4v) is 1.97. The van der Waals surface area contributed by atoms with Crippen molar-refractivity contribution < 1.29 is 18.0 Å². The summed E-state index contributed by atoms with van der Waals surface area (Å²) in [6.45, 7) is -0.102. The Balaban J connectivity index is 2.40. The molecule has 0 spiro atoms. The first-order valence-electron chi connectivity index (χ1n) is 5.12. The quantitative estimate of drug-likeness (QED) is 0.751. The summed E-state index contributed by atoms with van der Waals surface area (Å²) in [7, 11) is 0. The molecule has 0 fully saturated rings. The van der Waals surface area contributed by atoms with Gasteiger partial charge in [0.1, 0.15) is 0 Å². The second-order valence-corrected chi connectivity index (χ2v) is 4.01. The van der Waals surface area contributed by atoms with Crippen LogP contribution in [0.1, 0.15) is 5.56 Å². The van der Waals surface area contributed by atoms with E-state index in [0.717, 1.165) is 0 Å². The van der Waals surface area contributed by atoms with Crippen LogP contribution in [0, 0.1) is 0 Å². The molecule has 0 aliphatic carbocycles. The van der Waals surface area contributed by atoms with Gasteiger partial charge in [0, 0.05) is 18.3 Å². The highest BCUT2D eigenvalue weighted by atomic mass is 19.4. The SMILES string of the molecule is N[C@H]1Cc2ccccc2N(C(=O)C(F)(F)F)C1. The van der Waals surface area contributed by atoms with Gasteiger partial charge in [0.05, 0.1) is 0 Å². The number of nitrogens with two attached hydrogens (primary N) is 1. The maximum absolute atomic E-state index is 12.4. The van der Waals surface area contributed by atoms with Crippen LogP contribution in [0.5, 0.6) is 0 Å². The highest BCUT2D eigenvalue weighted by molar-refractivity contribution is 5.98. The molecule has 0 unspecified atom stereocenters. The molecule has 1 amide bonds. The lowest BCUT2D eigenvalue weighted by Gasteiger charge is -2.33. The Morgan fingerprint density at radius 2 is 2.00 bits per heavy atom. The van der Waals surface area contributed by atoms with Gasteiger partial charge in [0.2, 0.25) is 0 Å². The molecule has 6 heteroatoms. The third-order valence-corrected chi connectivity index (χ3v) is 2.67. The molecule has 2 N–H and O–H groups in total. The Hall–Kier alpha value is -1.56. The fraction of sp³-hybridized carbons (Fsp3) is 0.364. The summed E-state index contributed by atoms with van der Waals surface area (Å²) in [5.74, 6) is -1.86. The predicted molar refractivity (Wildman–Crippen MR) is 56.5 cm³/mol. The Labute approximate surface area is 96.0 Å². The van der Waals surface area contributed by atoms with Crippen molar-refractivity contribution in [3.05, 3.63) is 29.8 Å². The molecule has 1 aromatic rings. The first kappa shape index (κ1) is 11.9. The van der Waals surface area contributed by atoms with Crippen molar-refractivity contribution >= 4 is 11.6 Å². The summed E-state index contributed by atoms with van der Waals surface area (Å²) in [5, 5.41) is 0. The Morgan fingerprint density at radius 1 is 1.35 bits per heavy atom. The van der Waals surface area contributed by atoms with Crippen LogP contribution in [0.4, 0.5) is 18.9 Å². The van der Waals surface area contributed by atoms with Crippen LogP contribution in [0.25, 0.3) is 0 Å². The number of nitrogens with zero attached hydrogens (tertiary/aromatic N) is 1. The number of halogens is 3. The van der Waals surface area contributed by atoms with Gasteiger partial charge in [-0.3, -0.25) is 4.79 Å². The average molecular weight is 244 g/mol. The first-order chi connectivity index (χ1) is 7.89. The van der Waals surface area contributed by atoms with Crippen molar-refractivity contribution in [1.82, 2.24) is 0 Å². The molecule has 1 aliphatic rings. The minimum atomic E-state index is -4.87. The van der Waals surface area contributed by atoms with Gasteiger partial charge in [-0.2, -0.15) is 13.2 Å². The van der Waals surface area contributed by atoms with E-state index in [1.54, 1.807) is 18.2 Å². The highest BCUT2D eigenvalue weighted by Gasteiger charge is 2.44. The van der Waals surface area contributed by atoms with Gasteiger partial charge in [0.15, 0.2) is 0 Å². The van der Waals surface area contributed by atoms with Crippen LogP contribution in [0.3, 0.4) is 0 Å². The normalized spacial score (nSPS) is 20.0.